The maximum atomic E-state index is 11.2. The second kappa shape index (κ2) is 23.9. The molecule has 0 aliphatic carbocycles. The minimum absolute atomic E-state index is 0. The Kier molecular flexibility index (Phi) is 31.1. The van der Waals surface area contributed by atoms with Gasteiger partial charge in [-0.05, 0) is 0 Å². The third kappa shape index (κ3) is 27.7. The predicted molar refractivity (Wildman–Crippen MR) is 151 cm³/mol. The minimum Gasteiger partial charge on any atom is -0.756 e. The zero-order chi connectivity index (χ0) is 23.8. The molecule has 0 saturated heterocycles. The normalized spacial score (nSPS) is 18.9. The Balaban J connectivity index is -0.000000490. The molecule has 4 atom stereocenters. The van der Waals surface area contributed by atoms with Crippen molar-refractivity contribution >= 4 is 166 Å². The van der Waals surface area contributed by atoms with Crippen molar-refractivity contribution < 1.29 is 37.0 Å². The number of phosphoric ester groups is 2. The van der Waals surface area contributed by atoms with Crippen molar-refractivity contribution in [3.63, 3.8) is 0 Å². The average Bonchev–Trinajstić information content (AvgIpc) is 2.72. The molecule has 0 spiro atoms. The van der Waals surface area contributed by atoms with Crippen LogP contribution in [-0.4, -0.2) is 90.1 Å². The van der Waals surface area contributed by atoms with Crippen LogP contribution in [0.15, 0.2) is 0 Å². The molecule has 0 radical (unpaired) electrons. The molecule has 0 saturated carbocycles. The molecule has 0 amide bonds. The van der Waals surface area contributed by atoms with Crippen LogP contribution < -0.4 is 9.79 Å². The number of hydrogen-bond acceptors (Lipinski definition) is 8. The topological polar surface area (TPSA) is 117 Å². The largest absolute Gasteiger partial charge is 2.00 e. The van der Waals surface area contributed by atoms with E-state index in [-0.39, 0.29) is 68.8 Å². The summed E-state index contributed by atoms with van der Waals surface area (Å²) in [4.78, 5) is 22.1. The smallest absolute Gasteiger partial charge is 0.756 e. The van der Waals surface area contributed by atoms with Gasteiger partial charge in [-0.3, -0.25) is 9.13 Å². The average molecular weight is 1020 g/mol. The van der Waals surface area contributed by atoms with Gasteiger partial charge in [0.05, 0.1) is 26.4 Å². The first-order valence-electron chi connectivity index (χ1n) is 7.82. The van der Waals surface area contributed by atoms with Crippen molar-refractivity contribution in [1.82, 2.24) is 0 Å². The fourth-order valence-electron chi connectivity index (χ4n) is 0.941. The molecular weight excluding hydrogens is 998 g/mol. The molecule has 0 N–H and O–H groups in total. The van der Waals surface area contributed by atoms with Crippen molar-refractivity contribution in [2.45, 2.75) is 19.3 Å². The summed E-state index contributed by atoms with van der Waals surface area (Å²) in [5, 5.41) is 2.43. The Hall–Kier alpha value is 4.83. The van der Waals surface area contributed by atoms with E-state index in [0.29, 0.717) is 21.3 Å². The predicted octanol–water partition coefficient (Wildman–Crippen LogP) is 5.23. The number of rotatable bonds is 16. The van der Waals surface area contributed by atoms with Crippen molar-refractivity contribution in [2.24, 2.45) is 0 Å². The Morgan fingerprint density at radius 3 is 0.839 bits per heavy atom. The number of hydrogen-bond donors (Lipinski definition) is 0. The van der Waals surface area contributed by atoms with E-state index >= 15 is 0 Å². The van der Waals surface area contributed by atoms with Crippen LogP contribution in [0.3, 0.4) is 0 Å². The van der Waals surface area contributed by atoms with Gasteiger partial charge < -0.3 is 27.9 Å². The third-order valence-electron chi connectivity index (χ3n) is 2.32. The summed E-state index contributed by atoms with van der Waals surface area (Å²) in [6.45, 7) is 0.196. The van der Waals surface area contributed by atoms with Crippen LogP contribution in [0.2, 0.25) is 0 Å². The number of phosphoric acid groups is 2. The van der Waals surface area contributed by atoms with Crippen LogP contribution in [0.4, 0.5) is 0 Å². The Morgan fingerprint density at radius 1 is 0.548 bits per heavy atom. The quantitative estimate of drug-likeness (QED) is 0.117. The van der Waals surface area contributed by atoms with Gasteiger partial charge in [0.15, 0.2) is 0 Å². The van der Waals surface area contributed by atoms with E-state index < -0.39 is 15.6 Å². The summed E-state index contributed by atoms with van der Waals surface area (Å²) in [5.41, 5.74) is 0. The van der Waals surface area contributed by atoms with Gasteiger partial charge in [-0.1, -0.05) is 127 Å². The maximum absolute atomic E-state index is 11.2. The summed E-state index contributed by atoms with van der Waals surface area (Å²) in [5.74, 6) is 0. The summed E-state index contributed by atoms with van der Waals surface area (Å²) in [7, 11) is -8.36. The molecule has 19 heteroatoms. The van der Waals surface area contributed by atoms with Crippen LogP contribution in [0.25, 0.3) is 0 Å². The van der Waals surface area contributed by atoms with Gasteiger partial charge in [0, 0.05) is 40.6 Å². The molecule has 0 heterocycles. The molecular formula is C12H20Br8MgO8P2. The Morgan fingerprint density at radius 2 is 0.710 bits per heavy atom. The number of alkyl halides is 8. The van der Waals surface area contributed by atoms with Gasteiger partial charge in [0.2, 0.25) is 0 Å². The first kappa shape index (κ1) is 40.3. The first-order valence-corrected chi connectivity index (χ1v) is 18.9. The minimum atomic E-state index is -4.18. The molecule has 0 bridgehead atoms. The van der Waals surface area contributed by atoms with Crippen LogP contribution in [0.1, 0.15) is 0 Å². The Bertz CT molecular complexity index is 449. The Labute approximate surface area is 266 Å². The van der Waals surface area contributed by atoms with E-state index in [9.17, 15) is 18.9 Å². The summed E-state index contributed by atoms with van der Waals surface area (Å²) in [6, 6.07) is 0. The molecule has 0 aromatic carbocycles. The van der Waals surface area contributed by atoms with Gasteiger partial charge in [-0.15, -0.1) is 0 Å². The monoisotopic (exact) mass is 1010 g/mol. The molecule has 184 valence electrons. The SMILES string of the molecule is O=P([O-])(OCC(Br)CBr)OCC(Br)CBr.O=P([O-])(OCC(Br)CBr)OCC(Br)CBr.[Mg+2]. The van der Waals surface area contributed by atoms with E-state index in [1.165, 1.54) is 0 Å². The van der Waals surface area contributed by atoms with Gasteiger partial charge in [0.25, 0.3) is 15.6 Å². The van der Waals surface area contributed by atoms with Crippen LogP contribution in [-0.2, 0) is 27.2 Å². The van der Waals surface area contributed by atoms with Crippen LogP contribution >= 0.6 is 143 Å². The number of halogens is 8. The van der Waals surface area contributed by atoms with Gasteiger partial charge in [-0.2, -0.15) is 0 Å². The second-order valence-electron chi connectivity index (χ2n) is 5.08. The fraction of sp³-hybridized carbons (Fsp3) is 1.00. The van der Waals surface area contributed by atoms with E-state index in [0.717, 1.165) is 0 Å². The van der Waals surface area contributed by atoms with Crippen LogP contribution in [0, 0.1) is 0 Å². The summed E-state index contributed by atoms with van der Waals surface area (Å²) in [6.07, 6.45) is 0. The molecule has 4 unspecified atom stereocenters. The van der Waals surface area contributed by atoms with Gasteiger partial charge in [0.1, 0.15) is 0 Å². The molecule has 8 nitrogen and oxygen atoms in total. The van der Waals surface area contributed by atoms with Gasteiger partial charge >= 0.3 is 23.1 Å². The summed E-state index contributed by atoms with van der Waals surface area (Å²) >= 11 is 25.6. The van der Waals surface area contributed by atoms with E-state index in [1.807, 2.05) is 0 Å². The zero-order valence-electron chi connectivity index (χ0n) is 15.9. The van der Waals surface area contributed by atoms with Crippen molar-refractivity contribution in [3.05, 3.63) is 0 Å². The van der Waals surface area contributed by atoms with Crippen molar-refractivity contribution in [2.75, 3.05) is 47.7 Å². The van der Waals surface area contributed by atoms with E-state index in [4.69, 9.17) is 0 Å². The zero-order valence-corrected chi connectivity index (χ0v) is 31.7. The second-order valence-corrected chi connectivity index (χ2v) is 15.7. The molecule has 0 aliphatic heterocycles. The first-order chi connectivity index (χ1) is 13.8. The van der Waals surface area contributed by atoms with Crippen molar-refractivity contribution in [1.29, 1.82) is 0 Å². The molecule has 0 fully saturated rings. The van der Waals surface area contributed by atoms with Crippen LogP contribution in [0.5, 0.6) is 0 Å². The van der Waals surface area contributed by atoms with E-state index in [2.05, 4.69) is 146 Å². The fourth-order valence-corrected chi connectivity index (χ4v) is 4.63. The van der Waals surface area contributed by atoms with Crippen molar-refractivity contribution in [3.8, 4) is 0 Å². The molecule has 0 rings (SSSR count). The molecule has 0 aliphatic rings. The standard InChI is InChI=1S/2C6H11Br4O4P.Mg/c2*7-1-5(9)3-13-15(11,12)14-4-6(10)2-8;/h2*5-6H,1-4H2,(H,11,12);/q;;+2/p-2. The van der Waals surface area contributed by atoms with E-state index in [1.54, 1.807) is 0 Å². The molecule has 31 heavy (non-hydrogen) atoms. The third-order valence-corrected chi connectivity index (χ3v) is 13.1. The molecule has 0 aromatic rings. The van der Waals surface area contributed by atoms with Gasteiger partial charge in [-0.25, -0.2) is 0 Å². The maximum Gasteiger partial charge on any atom is 2.00 e. The molecule has 0 aromatic heterocycles. The summed E-state index contributed by atoms with van der Waals surface area (Å²) < 4.78 is 40.9.